The van der Waals surface area contributed by atoms with Gasteiger partial charge in [0.2, 0.25) is 0 Å². The Hall–Kier alpha value is -2.67. The van der Waals surface area contributed by atoms with Crippen molar-refractivity contribution in [3.63, 3.8) is 0 Å². The lowest BCUT2D eigenvalue weighted by Crippen LogP contribution is -2.28. The maximum atomic E-state index is 12.6. The fraction of sp³-hybridized carbons (Fsp3) is 0.450. The average Bonchev–Trinajstić information content (AvgIpc) is 3.14. The molecule has 3 rings (SSSR count). The smallest absolute Gasteiger partial charge is 0.325 e. The van der Waals surface area contributed by atoms with E-state index < -0.39 is 11.2 Å². The fourth-order valence-corrected chi connectivity index (χ4v) is 3.48. The molecule has 1 atom stereocenters. The third kappa shape index (κ3) is 4.54. The molecule has 2 aromatic rings. The van der Waals surface area contributed by atoms with E-state index in [0.29, 0.717) is 35.0 Å². The summed E-state index contributed by atoms with van der Waals surface area (Å²) >= 11 is 0. The van der Waals surface area contributed by atoms with Crippen molar-refractivity contribution in [1.29, 1.82) is 0 Å². The van der Waals surface area contributed by atoms with E-state index in [1.165, 1.54) is 0 Å². The van der Waals surface area contributed by atoms with Crippen LogP contribution in [-0.2, 0) is 4.74 Å². The Morgan fingerprint density at radius 3 is 2.59 bits per heavy atom. The highest BCUT2D eigenvalue weighted by Crippen LogP contribution is 2.19. The lowest BCUT2D eigenvalue weighted by molar-refractivity contribution is 0.0763. The van der Waals surface area contributed by atoms with Gasteiger partial charge in [-0.05, 0) is 50.3 Å². The van der Waals surface area contributed by atoms with E-state index in [0.717, 1.165) is 32.3 Å². The number of rotatable bonds is 6. The van der Waals surface area contributed by atoms with Crippen LogP contribution < -0.4 is 11.2 Å². The standard InChI is InChI=1S/C20H25N3O4/c1-13-17(18(24)22-20(26)21-13)14-7-9-15(10-8-14)19(25)23(2)11-3-5-16-6-4-12-27-16/h7-10,16H,3-6,11-12H2,1-2H3,(H2,21,22,24,26)/t16-/m1/s1. The Bertz CT molecular complexity index is 908. The molecule has 144 valence electrons. The van der Waals surface area contributed by atoms with E-state index in [9.17, 15) is 14.4 Å². The topological polar surface area (TPSA) is 95.3 Å². The second kappa shape index (κ2) is 8.35. The van der Waals surface area contributed by atoms with Crippen molar-refractivity contribution in [2.24, 2.45) is 0 Å². The number of H-pyrrole nitrogens is 2. The monoisotopic (exact) mass is 371 g/mol. The lowest BCUT2D eigenvalue weighted by Gasteiger charge is -2.18. The predicted octanol–water partition coefficient (Wildman–Crippen LogP) is 2.07. The molecule has 27 heavy (non-hydrogen) atoms. The summed E-state index contributed by atoms with van der Waals surface area (Å²) in [6.45, 7) is 3.20. The first kappa shape index (κ1) is 19.1. The second-order valence-electron chi connectivity index (χ2n) is 6.99. The van der Waals surface area contributed by atoms with Gasteiger partial charge in [-0.1, -0.05) is 12.1 Å². The molecule has 0 bridgehead atoms. The van der Waals surface area contributed by atoms with E-state index in [2.05, 4.69) is 9.97 Å². The molecule has 1 saturated heterocycles. The minimum absolute atomic E-state index is 0.0546. The minimum Gasteiger partial charge on any atom is -0.378 e. The van der Waals surface area contributed by atoms with Crippen LogP contribution in [-0.4, -0.2) is 47.1 Å². The number of aryl methyl sites for hydroxylation is 1. The van der Waals surface area contributed by atoms with Crippen molar-refractivity contribution in [2.75, 3.05) is 20.2 Å². The van der Waals surface area contributed by atoms with Crippen molar-refractivity contribution >= 4 is 5.91 Å². The average molecular weight is 371 g/mol. The van der Waals surface area contributed by atoms with Gasteiger partial charge in [0.1, 0.15) is 0 Å². The van der Waals surface area contributed by atoms with Gasteiger partial charge in [0.15, 0.2) is 0 Å². The highest BCUT2D eigenvalue weighted by molar-refractivity contribution is 5.94. The van der Waals surface area contributed by atoms with Crippen LogP contribution in [0.2, 0.25) is 0 Å². The Morgan fingerprint density at radius 1 is 1.22 bits per heavy atom. The van der Waals surface area contributed by atoms with Crippen LogP contribution >= 0.6 is 0 Å². The van der Waals surface area contributed by atoms with Crippen LogP contribution in [0.5, 0.6) is 0 Å². The third-order valence-electron chi connectivity index (χ3n) is 4.94. The molecular weight excluding hydrogens is 346 g/mol. The van der Waals surface area contributed by atoms with Crippen LogP contribution in [0.3, 0.4) is 0 Å². The van der Waals surface area contributed by atoms with Gasteiger partial charge in [0, 0.05) is 31.5 Å². The number of aromatic amines is 2. The SMILES string of the molecule is Cc1[nH]c(=O)[nH]c(=O)c1-c1ccc(C(=O)N(C)CCC[C@@H]2CCCO2)cc1. The van der Waals surface area contributed by atoms with Gasteiger partial charge in [-0.2, -0.15) is 0 Å². The second-order valence-corrected chi connectivity index (χ2v) is 6.99. The maximum Gasteiger partial charge on any atom is 0.325 e. The van der Waals surface area contributed by atoms with Crippen molar-refractivity contribution < 1.29 is 9.53 Å². The Morgan fingerprint density at radius 2 is 1.96 bits per heavy atom. The number of amides is 1. The molecule has 1 aliphatic rings. The number of hydrogen-bond donors (Lipinski definition) is 2. The number of nitrogens with zero attached hydrogens (tertiary/aromatic N) is 1. The third-order valence-corrected chi connectivity index (χ3v) is 4.94. The zero-order valence-corrected chi connectivity index (χ0v) is 15.7. The summed E-state index contributed by atoms with van der Waals surface area (Å²) in [4.78, 5) is 42.5. The van der Waals surface area contributed by atoms with Gasteiger partial charge in [0.25, 0.3) is 11.5 Å². The number of nitrogens with one attached hydrogen (secondary N) is 2. The number of hydrogen-bond acceptors (Lipinski definition) is 4. The molecule has 0 spiro atoms. The summed E-state index contributed by atoms with van der Waals surface area (Å²) < 4.78 is 5.61. The van der Waals surface area contributed by atoms with Crippen LogP contribution in [0.15, 0.2) is 33.9 Å². The molecule has 1 aromatic carbocycles. The first-order chi connectivity index (χ1) is 13.0. The molecular formula is C20H25N3O4. The largest absolute Gasteiger partial charge is 0.378 e. The van der Waals surface area contributed by atoms with Gasteiger partial charge in [-0.25, -0.2) is 4.79 Å². The molecule has 2 heterocycles. The van der Waals surface area contributed by atoms with Crippen LogP contribution in [0.4, 0.5) is 0 Å². The summed E-state index contributed by atoms with van der Waals surface area (Å²) in [7, 11) is 1.79. The molecule has 1 aromatic heterocycles. The summed E-state index contributed by atoms with van der Waals surface area (Å²) in [5.74, 6) is -0.0546. The van der Waals surface area contributed by atoms with Crippen LogP contribution in [0, 0.1) is 6.92 Å². The first-order valence-corrected chi connectivity index (χ1v) is 9.26. The van der Waals surface area contributed by atoms with Crippen molar-refractivity contribution in [3.8, 4) is 11.1 Å². The van der Waals surface area contributed by atoms with Gasteiger partial charge in [0.05, 0.1) is 11.7 Å². The van der Waals surface area contributed by atoms with E-state index in [-0.39, 0.29) is 5.91 Å². The van der Waals surface area contributed by atoms with E-state index in [1.807, 2.05) is 0 Å². The number of carbonyl (C=O) groups excluding carboxylic acids is 1. The zero-order chi connectivity index (χ0) is 19.4. The molecule has 1 aliphatic heterocycles. The zero-order valence-electron chi connectivity index (χ0n) is 15.7. The lowest BCUT2D eigenvalue weighted by atomic mass is 10.0. The van der Waals surface area contributed by atoms with E-state index in [1.54, 1.807) is 43.1 Å². The van der Waals surface area contributed by atoms with Crippen LogP contribution in [0.1, 0.15) is 41.7 Å². The molecule has 2 N–H and O–H groups in total. The van der Waals surface area contributed by atoms with Gasteiger partial charge >= 0.3 is 5.69 Å². The van der Waals surface area contributed by atoms with E-state index >= 15 is 0 Å². The molecule has 0 unspecified atom stereocenters. The Kier molecular flexibility index (Phi) is 5.91. The normalized spacial score (nSPS) is 16.4. The predicted molar refractivity (Wildman–Crippen MR) is 103 cm³/mol. The number of aromatic nitrogens is 2. The maximum absolute atomic E-state index is 12.6. The molecule has 1 fully saturated rings. The number of benzene rings is 1. The van der Waals surface area contributed by atoms with Crippen LogP contribution in [0.25, 0.3) is 11.1 Å². The number of carbonyl (C=O) groups is 1. The highest BCUT2D eigenvalue weighted by atomic mass is 16.5. The quantitative estimate of drug-likeness (QED) is 0.813. The summed E-state index contributed by atoms with van der Waals surface area (Å²) in [6.07, 6.45) is 4.47. The molecule has 0 saturated carbocycles. The van der Waals surface area contributed by atoms with E-state index in [4.69, 9.17) is 4.74 Å². The minimum atomic E-state index is -0.530. The van der Waals surface area contributed by atoms with Gasteiger partial charge in [-0.15, -0.1) is 0 Å². The summed E-state index contributed by atoms with van der Waals surface area (Å²) in [6, 6.07) is 6.86. The highest BCUT2D eigenvalue weighted by Gasteiger charge is 2.17. The first-order valence-electron chi connectivity index (χ1n) is 9.26. The Balaban J connectivity index is 1.65. The molecule has 1 amide bonds. The van der Waals surface area contributed by atoms with Gasteiger partial charge in [-0.3, -0.25) is 14.6 Å². The van der Waals surface area contributed by atoms with Crippen molar-refractivity contribution in [1.82, 2.24) is 14.9 Å². The molecule has 7 heteroatoms. The molecule has 0 aliphatic carbocycles. The molecule has 0 radical (unpaired) electrons. The van der Waals surface area contributed by atoms with Gasteiger partial charge < -0.3 is 14.6 Å². The summed E-state index contributed by atoms with van der Waals surface area (Å²) in [5, 5.41) is 0. The van der Waals surface area contributed by atoms with Crippen molar-refractivity contribution in [2.45, 2.75) is 38.7 Å². The molecule has 7 nitrogen and oxygen atoms in total. The number of ether oxygens (including phenoxy) is 1. The Labute approximate surface area is 157 Å². The fourth-order valence-electron chi connectivity index (χ4n) is 3.48. The van der Waals surface area contributed by atoms with Crippen molar-refractivity contribution in [3.05, 3.63) is 56.4 Å². The summed E-state index contributed by atoms with van der Waals surface area (Å²) in [5.41, 5.74) is 1.14.